The molecule has 0 unspecified atom stereocenters. The van der Waals surface area contributed by atoms with Crippen LogP contribution in [0.2, 0.25) is 5.02 Å². The fourth-order valence-electron chi connectivity index (χ4n) is 4.60. The third-order valence-corrected chi connectivity index (χ3v) is 7.24. The Balaban J connectivity index is 1.56. The van der Waals surface area contributed by atoms with Gasteiger partial charge in [-0.1, -0.05) is 23.7 Å². The standard InChI is InChI=1S/C29H37ClFN9O/c1-16(32)4-9-24(33)19-12-22(26(31)23(30)13-19)25-14-20-15-40(29(41)39-27(20)38-25)21-7-5-18(6-8-21)17(2)36-10-3-11-37-28(34)35/h5-8,12-17,24,36H,3-4,9-11,32-33H2,1-2H3,(H4,34,35,37)(H,38,39,41)/t16-,17-,24-/m0/s1. The molecule has 0 amide bonds. The predicted molar refractivity (Wildman–Crippen MR) is 164 cm³/mol. The Hall–Kier alpha value is -3.77. The van der Waals surface area contributed by atoms with Gasteiger partial charge in [-0.2, -0.15) is 4.98 Å². The van der Waals surface area contributed by atoms with Crippen molar-refractivity contribution in [2.45, 2.75) is 51.2 Å². The van der Waals surface area contributed by atoms with E-state index in [1.165, 1.54) is 4.57 Å². The summed E-state index contributed by atoms with van der Waals surface area (Å²) >= 11 is 6.24. The lowest BCUT2D eigenvalue weighted by Crippen LogP contribution is -2.24. The Morgan fingerprint density at radius 1 is 1.12 bits per heavy atom. The molecule has 0 bridgehead atoms. The average molecular weight is 582 g/mol. The number of nitrogens with zero attached hydrogens (tertiary/aromatic N) is 3. The monoisotopic (exact) mass is 581 g/mol. The van der Waals surface area contributed by atoms with Crippen LogP contribution in [-0.2, 0) is 0 Å². The number of rotatable bonds is 12. The molecule has 4 aromatic rings. The fraction of sp³-hybridized carbons (Fsp3) is 0.345. The van der Waals surface area contributed by atoms with Crippen molar-refractivity contribution in [2.75, 3.05) is 13.1 Å². The van der Waals surface area contributed by atoms with Crippen LogP contribution in [0.4, 0.5) is 4.39 Å². The predicted octanol–water partition coefficient (Wildman–Crippen LogP) is 3.61. The summed E-state index contributed by atoms with van der Waals surface area (Å²) in [5.74, 6) is -0.488. The van der Waals surface area contributed by atoms with E-state index in [9.17, 15) is 4.79 Å². The van der Waals surface area contributed by atoms with Crippen LogP contribution in [0, 0.1) is 5.82 Å². The van der Waals surface area contributed by atoms with Crippen molar-refractivity contribution in [3.63, 3.8) is 0 Å². The van der Waals surface area contributed by atoms with Crippen molar-refractivity contribution in [2.24, 2.45) is 27.9 Å². The Bertz CT molecular complexity index is 1580. The Morgan fingerprint density at radius 3 is 2.54 bits per heavy atom. The molecule has 2 aromatic carbocycles. The molecule has 4 rings (SSSR count). The van der Waals surface area contributed by atoms with Crippen LogP contribution in [0.5, 0.6) is 0 Å². The largest absolute Gasteiger partial charge is 0.370 e. The molecule has 0 saturated carbocycles. The normalized spacial score (nSPS) is 13.7. The van der Waals surface area contributed by atoms with Crippen molar-refractivity contribution in [1.29, 1.82) is 0 Å². The van der Waals surface area contributed by atoms with Gasteiger partial charge in [-0.25, -0.2) is 9.18 Å². The van der Waals surface area contributed by atoms with Gasteiger partial charge >= 0.3 is 5.69 Å². The zero-order valence-corrected chi connectivity index (χ0v) is 24.0. The summed E-state index contributed by atoms with van der Waals surface area (Å²) in [6.45, 7) is 5.29. The topological polar surface area (TPSA) is 179 Å². The number of benzene rings is 2. The number of halogens is 2. The van der Waals surface area contributed by atoms with Crippen LogP contribution < -0.4 is 33.9 Å². The summed E-state index contributed by atoms with van der Waals surface area (Å²) < 4.78 is 16.6. The SMILES string of the molecule is C[C@H](N)CC[C@H](N)c1cc(Cl)c(F)c(-c2cc3cn(-c4ccc([C@H](C)NCCCN=C(N)N)cc4)c(=O)nc3[nH]2)c1. The van der Waals surface area contributed by atoms with Gasteiger partial charge in [0.15, 0.2) is 11.8 Å². The first kappa shape index (κ1) is 30.2. The van der Waals surface area contributed by atoms with Gasteiger partial charge < -0.3 is 33.2 Å². The summed E-state index contributed by atoms with van der Waals surface area (Å²) in [5.41, 5.74) is 25.9. The number of aromatic amines is 1. The number of nitrogens with two attached hydrogens (primary N) is 4. The van der Waals surface area contributed by atoms with E-state index in [1.807, 2.05) is 31.2 Å². The molecule has 0 radical (unpaired) electrons. The van der Waals surface area contributed by atoms with Gasteiger partial charge in [0.2, 0.25) is 0 Å². The van der Waals surface area contributed by atoms with Crippen LogP contribution in [0.1, 0.15) is 56.3 Å². The number of aromatic nitrogens is 3. The second kappa shape index (κ2) is 13.3. The summed E-state index contributed by atoms with van der Waals surface area (Å²) in [7, 11) is 0. The molecule has 2 aromatic heterocycles. The van der Waals surface area contributed by atoms with E-state index in [4.69, 9.17) is 34.5 Å². The summed E-state index contributed by atoms with van der Waals surface area (Å²) in [6, 6.07) is 12.4. The first-order valence-corrected chi connectivity index (χ1v) is 13.9. The molecule has 41 heavy (non-hydrogen) atoms. The summed E-state index contributed by atoms with van der Waals surface area (Å²) in [5, 5.41) is 4.04. The maximum Gasteiger partial charge on any atom is 0.354 e. The molecule has 0 spiro atoms. The smallest absolute Gasteiger partial charge is 0.354 e. The first-order chi connectivity index (χ1) is 19.5. The van der Waals surface area contributed by atoms with Crippen molar-refractivity contribution in [1.82, 2.24) is 19.9 Å². The lowest BCUT2D eigenvalue weighted by atomic mass is 9.98. The van der Waals surface area contributed by atoms with Crippen LogP contribution in [0.3, 0.4) is 0 Å². The van der Waals surface area contributed by atoms with Gasteiger partial charge in [0.05, 0.1) is 16.4 Å². The highest BCUT2D eigenvalue weighted by atomic mass is 35.5. The maximum absolute atomic E-state index is 15.1. The van der Waals surface area contributed by atoms with Gasteiger partial charge in [0.1, 0.15) is 5.65 Å². The van der Waals surface area contributed by atoms with Crippen LogP contribution in [-0.4, -0.2) is 39.6 Å². The molecule has 0 fully saturated rings. The molecule has 10 N–H and O–H groups in total. The third-order valence-electron chi connectivity index (χ3n) is 6.96. The van der Waals surface area contributed by atoms with E-state index >= 15 is 4.39 Å². The molecule has 3 atom stereocenters. The second-order valence-electron chi connectivity index (χ2n) is 10.3. The molecule has 0 aliphatic heterocycles. The molecule has 10 nitrogen and oxygen atoms in total. The minimum Gasteiger partial charge on any atom is -0.370 e. The minimum atomic E-state index is -0.578. The lowest BCUT2D eigenvalue weighted by molar-refractivity contribution is 0.553. The molecule has 0 saturated heterocycles. The van der Waals surface area contributed by atoms with E-state index in [-0.39, 0.29) is 34.7 Å². The van der Waals surface area contributed by atoms with Crippen LogP contribution >= 0.6 is 11.6 Å². The highest BCUT2D eigenvalue weighted by Gasteiger charge is 2.18. The van der Waals surface area contributed by atoms with E-state index < -0.39 is 11.5 Å². The van der Waals surface area contributed by atoms with Gasteiger partial charge in [-0.05, 0) is 81.1 Å². The van der Waals surface area contributed by atoms with E-state index in [1.54, 1.807) is 24.4 Å². The van der Waals surface area contributed by atoms with Gasteiger partial charge in [0, 0.05) is 41.8 Å². The van der Waals surface area contributed by atoms with Crippen LogP contribution in [0.25, 0.3) is 28.0 Å². The molecule has 218 valence electrons. The number of nitrogens with one attached hydrogen (secondary N) is 2. The van der Waals surface area contributed by atoms with E-state index in [0.29, 0.717) is 40.9 Å². The lowest BCUT2D eigenvalue weighted by Gasteiger charge is -2.15. The first-order valence-electron chi connectivity index (χ1n) is 13.6. The zero-order chi connectivity index (χ0) is 29.7. The number of H-pyrrole nitrogens is 1. The number of hydrogen-bond donors (Lipinski definition) is 6. The maximum atomic E-state index is 15.1. The number of aliphatic imine (C=N–C) groups is 1. The van der Waals surface area contributed by atoms with Crippen molar-refractivity contribution in [3.8, 4) is 16.9 Å². The van der Waals surface area contributed by atoms with Gasteiger partial charge in [-0.15, -0.1) is 0 Å². The highest BCUT2D eigenvalue weighted by Crippen LogP contribution is 2.33. The van der Waals surface area contributed by atoms with Crippen molar-refractivity contribution >= 4 is 28.6 Å². The van der Waals surface area contributed by atoms with Crippen LogP contribution in [0.15, 0.2) is 58.4 Å². The molecular weight excluding hydrogens is 545 g/mol. The second-order valence-corrected chi connectivity index (χ2v) is 10.7. The number of fused-ring (bicyclic) bond motifs is 1. The van der Waals surface area contributed by atoms with Gasteiger partial charge in [0.25, 0.3) is 0 Å². The summed E-state index contributed by atoms with van der Waals surface area (Å²) in [6.07, 6.45) is 3.86. The quantitative estimate of drug-likeness (QED) is 0.0839. The molecule has 0 aliphatic rings. The highest BCUT2D eigenvalue weighted by molar-refractivity contribution is 6.31. The molecule has 12 heteroatoms. The molecular formula is C29H37ClFN9O. The number of guanidine groups is 1. The fourth-order valence-corrected chi connectivity index (χ4v) is 4.83. The average Bonchev–Trinajstić information content (AvgIpc) is 3.34. The molecule has 0 aliphatic carbocycles. The number of hydrogen-bond acceptors (Lipinski definition) is 6. The minimum absolute atomic E-state index is 0.00774. The zero-order valence-electron chi connectivity index (χ0n) is 23.2. The third kappa shape index (κ3) is 7.50. The summed E-state index contributed by atoms with van der Waals surface area (Å²) in [4.78, 5) is 24.1. The van der Waals surface area contributed by atoms with Gasteiger partial charge in [-0.3, -0.25) is 9.56 Å². The van der Waals surface area contributed by atoms with E-state index in [0.717, 1.165) is 24.9 Å². The Labute approximate surface area is 243 Å². The Kier molecular flexibility index (Phi) is 9.77. The van der Waals surface area contributed by atoms with Crippen molar-refractivity contribution in [3.05, 3.63) is 81.1 Å². The molecule has 2 heterocycles. The van der Waals surface area contributed by atoms with E-state index in [2.05, 4.69) is 27.2 Å². The Morgan fingerprint density at radius 2 is 1.85 bits per heavy atom. The van der Waals surface area contributed by atoms with Crippen molar-refractivity contribution < 1.29 is 4.39 Å².